The Morgan fingerprint density at radius 3 is 2.50 bits per heavy atom. The third-order valence-electron chi connectivity index (χ3n) is 2.25. The molecule has 0 radical (unpaired) electrons. The molecule has 0 saturated carbocycles. The summed E-state index contributed by atoms with van der Waals surface area (Å²) in [6, 6.07) is 1.84. The Morgan fingerprint density at radius 1 is 1.32 bits per heavy atom. The molecular weight excluding hydrogens is 296 g/mol. The first-order valence-corrected chi connectivity index (χ1v) is 6.29. The van der Waals surface area contributed by atoms with Gasteiger partial charge >= 0.3 is 12.1 Å². The standard InChI is InChI=1S/C15H15F2NO4/c1-15(2,3)22-14(21)18-8-4-5-9-6-7-10(16)11(12(9)17)13(19)20/h6-7H,8H2,1-3H3,(H,18,21)(H,19,20). The maximum atomic E-state index is 13.8. The normalized spacial score (nSPS) is 10.4. The summed E-state index contributed by atoms with van der Waals surface area (Å²) in [5, 5.41) is 11.1. The van der Waals surface area contributed by atoms with Crippen LogP contribution in [0.4, 0.5) is 13.6 Å². The van der Waals surface area contributed by atoms with Crippen molar-refractivity contribution in [3.8, 4) is 11.8 Å². The fraction of sp³-hybridized carbons (Fsp3) is 0.333. The zero-order valence-electron chi connectivity index (χ0n) is 12.3. The molecule has 0 bridgehead atoms. The lowest BCUT2D eigenvalue weighted by Gasteiger charge is -2.19. The molecule has 1 rings (SSSR count). The van der Waals surface area contributed by atoms with Crippen molar-refractivity contribution in [2.45, 2.75) is 26.4 Å². The number of hydrogen-bond acceptors (Lipinski definition) is 3. The van der Waals surface area contributed by atoms with Gasteiger partial charge in [0.15, 0.2) is 5.82 Å². The van der Waals surface area contributed by atoms with Gasteiger partial charge in [-0.1, -0.05) is 11.8 Å². The van der Waals surface area contributed by atoms with Crippen molar-refractivity contribution in [2.75, 3.05) is 6.54 Å². The number of amides is 1. The molecule has 118 valence electrons. The highest BCUT2D eigenvalue weighted by atomic mass is 19.1. The van der Waals surface area contributed by atoms with Crippen LogP contribution in [0.1, 0.15) is 36.7 Å². The van der Waals surface area contributed by atoms with Crippen LogP contribution in [0.15, 0.2) is 12.1 Å². The minimum atomic E-state index is -1.72. The molecule has 0 atom stereocenters. The number of alkyl carbamates (subject to hydrolysis) is 1. The Hall–Kier alpha value is -2.62. The second kappa shape index (κ2) is 6.89. The second-order valence-corrected chi connectivity index (χ2v) is 5.25. The molecule has 0 aliphatic rings. The molecule has 1 aromatic carbocycles. The molecule has 0 spiro atoms. The number of carboxylic acid groups (broad SMARTS) is 1. The summed E-state index contributed by atoms with van der Waals surface area (Å²) in [5.41, 5.74) is -1.99. The van der Waals surface area contributed by atoms with Gasteiger partial charge in [0.1, 0.15) is 17.0 Å². The van der Waals surface area contributed by atoms with Crippen LogP contribution in [0.5, 0.6) is 0 Å². The lowest BCUT2D eigenvalue weighted by molar-refractivity contribution is 0.0534. The molecule has 1 amide bonds. The van der Waals surface area contributed by atoms with Crippen molar-refractivity contribution in [2.24, 2.45) is 0 Å². The van der Waals surface area contributed by atoms with Crippen molar-refractivity contribution in [3.63, 3.8) is 0 Å². The summed E-state index contributed by atoms with van der Waals surface area (Å²) in [5.74, 6) is 0.608. The highest BCUT2D eigenvalue weighted by molar-refractivity contribution is 5.88. The van der Waals surface area contributed by atoms with E-state index in [1.54, 1.807) is 20.8 Å². The van der Waals surface area contributed by atoms with Crippen molar-refractivity contribution in [1.82, 2.24) is 5.32 Å². The van der Waals surface area contributed by atoms with Crippen LogP contribution in [0.25, 0.3) is 0 Å². The van der Waals surface area contributed by atoms with E-state index in [0.29, 0.717) is 0 Å². The van der Waals surface area contributed by atoms with Gasteiger partial charge in [-0.2, -0.15) is 0 Å². The molecule has 0 saturated heterocycles. The van der Waals surface area contributed by atoms with E-state index >= 15 is 0 Å². The van der Waals surface area contributed by atoms with Gasteiger partial charge in [0.05, 0.1) is 12.1 Å². The molecular formula is C15H15F2NO4. The van der Waals surface area contributed by atoms with E-state index in [-0.39, 0.29) is 12.1 Å². The molecule has 1 aromatic rings. The number of benzene rings is 1. The number of carbonyl (C=O) groups is 2. The van der Waals surface area contributed by atoms with Crippen LogP contribution in [0, 0.1) is 23.5 Å². The average Bonchev–Trinajstić information content (AvgIpc) is 2.34. The van der Waals surface area contributed by atoms with Gasteiger partial charge in [-0.05, 0) is 32.9 Å². The predicted octanol–water partition coefficient (Wildman–Crippen LogP) is 2.54. The van der Waals surface area contributed by atoms with Gasteiger partial charge in [0.2, 0.25) is 0 Å². The third-order valence-corrected chi connectivity index (χ3v) is 2.25. The minimum Gasteiger partial charge on any atom is -0.477 e. The Kier molecular flexibility index (Phi) is 5.46. The van der Waals surface area contributed by atoms with Crippen molar-refractivity contribution in [1.29, 1.82) is 0 Å². The Bertz CT molecular complexity index is 654. The summed E-state index contributed by atoms with van der Waals surface area (Å²) in [6.45, 7) is 4.95. The first-order valence-electron chi connectivity index (χ1n) is 6.29. The van der Waals surface area contributed by atoms with Gasteiger partial charge < -0.3 is 15.2 Å². The van der Waals surface area contributed by atoms with Gasteiger partial charge in [-0.25, -0.2) is 18.4 Å². The van der Waals surface area contributed by atoms with Crippen molar-refractivity contribution < 1.29 is 28.2 Å². The van der Waals surface area contributed by atoms with E-state index in [2.05, 4.69) is 17.2 Å². The molecule has 0 fully saturated rings. The number of halogens is 2. The van der Waals surface area contributed by atoms with E-state index in [9.17, 15) is 18.4 Å². The quantitative estimate of drug-likeness (QED) is 0.823. The van der Waals surface area contributed by atoms with Crippen LogP contribution in [0.2, 0.25) is 0 Å². The van der Waals surface area contributed by atoms with E-state index in [0.717, 1.165) is 12.1 Å². The summed E-state index contributed by atoms with van der Waals surface area (Å²) in [7, 11) is 0. The highest BCUT2D eigenvalue weighted by Gasteiger charge is 2.19. The number of aromatic carboxylic acids is 1. The van der Waals surface area contributed by atoms with Gasteiger partial charge in [0, 0.05) is 0 Å². The van der Waals surface area contributed by atoms with Gasteiger partial charge in [0.25, 0.3) is 0 Å². The summed E-state index contributed by atoms with van der Waals surface area (Å²) in [6.07, 6.45) is -0.687. The molecule has 22 heavy (non-hydrogen) atoms. The number of ether oxygens (including phenoxy) is 1. The second-order valence-electron chi connectivity index (χ2n) is 5.25. The van der Waals surface area contributed by atoms with Crippen LogP contribution in [-0.2, 0) is 4.74 Å². The molecule has 0 aliphatic carbocycles. The molecule has 0 aromatic heterocycles. The zero-order chi connectivity index (χ0) is 16.9. The Balaban J connectivity index is 2.76. The zero-order valence-corrected chi connectivity index (χ0v) is 12.3. The summed E-state index contributed by atoms with van der Waals surface area (Å²) < 4.78 is 31.9. The fourth-order valence-corrected chi connectivity index (χ4v) is 1.42. The average molecular weight is 311 g/mol. The number of hydrogen-bond donors (Lipinski definition) is 2. The highest BCUT2D eigenvalue weighted by Crippen LogP contribution is 2.16. The number of carboxylic acids is 1. The number of nitrogens with one attached hydrogen (secondary N) is 1. The Labute approximate surface area is 126 Å². The van der Waals surface area contributed by atoms with E-state index in [1.165, 1.54) is 0 Å². The number of rotatable bonds is 2. The molecule has 5 nitrogen and oxygen atoms in total. The topological polar surface area (TPSA) is 75.6 Å². The molecule has 0 heterocycles. The van der Waals surface area contributed by atoms with Crippen molar-refractivity contribution >= 4 is 12.1 Å². The lowest BCUT2D eigenvalue weighted by Crippen LogP contribution is -2.32. The maximum Gasteiger partial charge on any atom is 0.408 e. The molecule has 0 unspecified atom stereocenters. The smallest absolute Gasteiger partial charge is 0.408 e. The largest absolute Gasteiger partial charge is 0.477 e. The van der Waals surface area contributed by atoms with E-state index in [4.69, 9.17) is 9.84 Å². The predicted molar refractivity (Wildman–Crippen MR) is 74.4 cm³/mol. The maximum absolute atomic E-state index is 13.8. The van der Waals surface area contributed by atoms with E-state index < -0.39 is 34.9 Å². The van der Waals surface area contributed by atoms with Crippen LogP contribution >= 0.6 is 0 Å². The van der Waals surface area contributed by atoms with Crippen molar-refractivity contribution in [3.05, 3.63) is 34.9 Å². The summed E-state index contributed by atoms with van der Waals surface area (Å²) in [4.78, 5) is 22.1. The van der Waals surface area contributed by atoms with Crippen LogP contribution in [-0.4, -0.2) is 29.3 Å². The molecule has 2 N–H and O–H groups in total. The molecule has 0 aliphatic heterocycles. The lowest BCUT2D eigenvalue weighted by atomic mass is 10.1. The molecule has 7 heteroatoms. The minimum absolute atomic E-state index is 0.131. The number of carbonyl (C=O) groups excluding carboxylic acids is 1. The van der Waals surface area contributed by atoms with Crippen LogP contribution < -0.4 is 5.32 Å². The monoisotopic (exact) mass is 311 g/mol. The van der Waals surface area contributed by atoms with Gasteiger partial charge in [-0.15, -0.1) is 0 Å². The Morgan fingerprint density at radius 2 is 1.95 bits per heavy atom. The first kappa shape index (κ1) is 17.4. The fourth-order valence-electron chi connectivity index (χ4n) is 1.42. The first-order chi connectivity index (χ1) is 10.1. The third kappa shape index (κ3) is 5.05. The van der Waals surface area contributed by atoms with Gasteiger partial charge in [-0.3, -0.25) is 0 Å². The SMILES string of the molecule is CC(C)(C)OC(=O)NCC#Cc1ccc(F)c(C(=O)O)c1F. The van der Waals surface area contributed by atoms with Crippen LogP contribution in [0.3, 0.4) is 0 Å². The van der Waals surface area contributed by atoms with E-state index in [1.807, 2.05) is 0 Å². The summed E-state index contributed by atoms with van der Waals surface area (Å²) >= 11 is 0.